The number of nitrogen functional groups attached to an aromatic ring is 1. The van der Waals surface area contributed by atoms with Gasteiger partial charge in [-0.1, -0.05) is 12.0 Å². The summed E-state index contributed by atoms with van der Waals surface area (Å²) in [7, 11) is 0. The summed E-state index contributed by atoms with van der Waals surface area (Å²) in [5, 5.41) is 0. The molecule has 3 nitrogen and oxygen atoms in total. The van der Waals surface area contributed by atoms with Crippen LogP contribution in [0.2, 0.25) is 0 Å². The van der Waals surface area contributed by atoms with E-state index in [1.807, 2.05) is 12.1 Å². The zero-order valence-electron chi connectivity index (χ0n) is 6.66. The summed E-state index contributed by atoms with van der Waals surface area (Å²) in [6, 6.07) is 3.67. The normalized spacial score (nSPS) is 9.25. The first-order valence-electron chi connectivity index (χ1n) is 3.55. The van der Waals surface area contributed by atoms with Crippen LogP contribution < -0.4 is 5.73 Å². The molecular formula is C9H10N2O. The molecule has 0 fully saturated rings. The highest BCUT2D eigenvalue weighted by Gasteiger charge is 1.96. The van der Waals surface area contributed by atoms with Gasteiger partial charge in [-0.15, -0.1) is 6.42 Å². The molecule has 0 bridgehead atoms. The Morgan fingerprint density at radius 3 is 3.17 bits per heavy atom. The summed E-state index contributed by atoms with van der Waals surface area (Å²) in [6.45, 7) is 0.720. The zero-order valence-corrected chi connectivity index (χ0v) is 6.66. The highest BCUT2D eigenvalue weighted by atomic mass is 16.5. The third-order valence-corrected chi connectivity index (χ3v) is 1.37. The molecule has 0 aliphatic heterocycles. The number of terminal acetylenes is 1. The van der Waals surface area contributed by atoms with Gasteiger partial charge in [0.2, 0.25) is 0 Å². The Labute approximate surface area is 71.6 Å². The van der Waals surface area contributed by atoms with E-state index in [-0.39, 0.29) is 0 Å². The quantitative estimate of drug-likeness (QED) is 0.528. The largest absolute Gasteiger partial charge is 0.383 e. The van der Waals surface area contributed by atoms with Crippen molar-refractivity contribution in [2.24, 2.45) is 0 Å². The fourth-order valence-electron chi connectivity index (χ4n) is 0.793. The van der Waals surface area contributed by atoms with Crippen LogP contribution in [0.3, 0.4) is 0 Å². The van der Waals surface area contributed by atoms with Crippen LogP contribution in [0.1, 0.15) is 5.56 Å². The maximum Gasteiger partial charge on any atom is 0.128 e. The van der Waals surface area contributed by atoms with Crippen molar-refractivity contribution in [3.8, 4) is 12.3 Å². The number of rotatable bonds is 3. The lowest BCUT2D eigenvalue weighted by atomic mass is 10.3. The van der Waals surface area contributed by atoms with Gasteiger partial charge >= 0.3 is 0 Å². The summed E-state index contributed by atoms with van der Waals surface area (Å²) < 4.78 is 5.09. The zero-order chi connectivity index (χ0) is 8.81. The Kier molecular flexibility index (Phi) is 3.12. The highest BCUT2D eigenvalue weighted by molar-refractivity contribution is 5.37. The number of nitrogens with two attached hydrogens (primary N) is 1. The molecule has 0 aliphatic rings. The summed E-state index contributed by atoms with van der Waals surface area (Å²) >= 11 is 0. The van der Waals surface area contributed by atoms with Gasteiger partial charge in [0.1, 0.15) is 12.4 Å². The second-order valence-electron chi connectivity index (χ2n) is 2.24. The topological polar surface area (TPSA) is 48.1 Å². The van der Waals surface area contributed by atoms with E-state index in [4.69, 9.17) is 16.9 Å². The van der Waals surface area contributed by atoms with Crippen molar-refractivity contribution < 1.29 is 4.74 Å². The van der Waals surface area contributed by atoms with Crippen molar-refractivity contribution in [2.75, 3.05) is 12.3 Å². The molecule has 0 unspecified atom stereocenters. The lowest BCUT2D eigenvalue weighted by Crippen LogP contribution is -1.99. The van der Waals surface area contributed by atoms with Crippen LogP contribution >= 0.6 is 0 Å². The van der Waals surface area contributed by atoms with Crippen LogP contribution in [-0.2, 0) is 11.3 Å². The molecule has 0 saturated heterocycles. The van der Waals surface area contributed by atoms with Crippen LogP contribution in [0.15, 0.2) is 18.3 Å². The van der Waals surface area contributed by atoms with E-state index in [0.29, 0.717) is 19.0 Å². The van der Waals surface area contributed by atoms with E-state index in [2.05, 4.69) is 10.9 Å². The molecule has 1 heterocycles. The molecule has 0 atom stereocenters. The van der Waals surface area contributed by atoms with E-state index < -0.39 is 0 Å². The molecule has 62 valence electrons. The number of nitrogens with zero attached hydrogens (tertiary/aromatic N) is 1. The number of anilines is 1. The molecule has 1 aromatic heterocycles. The molecule has 1 rings (SSSR count). The molecule has 0 aromatic carbocycles. The molecule has 3 heteroatoms. The van der Waals surface area contributed by atoms with Crippen molar-refractivity contribution in [2.45, 2.75) is 6.61 Å². The van der Waals surface area contributed by atoms with E-state index in [9.17, 15) is 0 Å². The van der Waals surface area contributed by atoms with E-state index >= 15 is 0 Å². The lowest BCUT2D eigenvalue weighted by Gasteiger charge is -2.02. The molecule has 2 N–H and O–H groups in total. The monoisotopic (exact) mass is 162 g/mol. The summed E-state index contributed by atoms with van der Waals surface area (Å²) in [6.07, 6.45) is 6.65. The third kappa shape index (κ3) is 2.26. The maximum atomic E-state index is 5.56. The number of hydrogen-bond acceptors (Lipinski definition) is 3. The van der Waals surface area contributed by atoms with Gasteiger partial charge in [0, 0.05) is 11.8 Å². The highest BCUT2D eigenvalue weighted by Crippen LogP contribution is 2.07. The van der Waals surface area contributed by atoms with Crippen LogP contribution in [-0.4, -0.2) is 11.6 Å². The molecule has 12 heavy (non-hydrogen) atoms. The van der Waals surface area contributed by atoms with Gasteiger partial charge in [-0.3, -0.25) is 0 Å². The second kappa shape index (κ2) is 4.37. The molecule has 0 radical (unpaired) electrons. The van der Waals surface area contributed by atoms with Crippen molar-refractivity contribution in [3.63, 3.8) is 0 Å². The minimum atomic E-state index is 0.300. The predicted molar refractivity (Wildman–Crippen MR) is 47.1 cm³/mol. The van der Waals surface area contributed by atoms with Gasteiger partial charge in [0.25, 0.3) is 0 Å². The van der Waals surface area contributed by atoms with Crippen LogP contribution in [0, 0.1) is 12.3 Å². The maximum absolute atomic E-state index is 5.56. The first kappa shape index (κ1) is 8.57. The van der Waals surface area contributed by atoms with E-state index in [1.165, 1.54) is 0 Å². The summed E-state index contributed by atoms with van der Waals surface area (Å²) in [5.41, 5.74) is 6.43. The Morgan fingerprint density at radius 1 is 1.67 bits per heavy atom. The first-order valence-corrected chi connectivity index (χ1v) is 3.55. The minimum Gasteiger partial charge on any atom is -0.383 e. The predicted octanol–water partition coefficient (Wildman–Crippen LogP) is 0.814. The Hall–Kier alpha value is -1.53. The average molecular weight is 162 g/mol. The van der Waals surface area contributed by atoms with Gasteiger partial charge in [0.05, 0.1) is 6.61 Å². The van der Waals surface area contributed by atoms with Crippen LogP contribution in [0.5, 0.6) is 0 Å². The molecule has 0 amide bonds. The fraction of sp³-hybridized carbons (Fsp3) is 0.222. The number of pyridine rings is 1. The minimum absolute atomic E-state index is 0.300. The fourth-order valence-corrected chi connectivity index (χ4v) is 0.793. The van der Waals surface area contributed by atoms with Crippen LogP contribution in [0.25, 0.3) is 0 Å². The number of ether oxygens (including phenoxy) is 1. The van der Waals surface area contributed by atoms with E-state index in [1.54, 1.807) is 6.20 Å². The molecule has 0 spiro atoms. The second-order valence-corrected chi connectivity index (χ2v) is 2.24. The Bertz CT molecular complexity index is 291. The first-order chi connectivity index (χ1) is 5.84. The van der Waals surface area contributed by atoms with Gasteiger partial charge in [0.15, 0.2) is 0 Å². The standard InChI is InChI=1S/C9H10N2O/c1-2-6-12-7-8-4-3-5-11-9(8)10/h1,3-5H,6-7H2,(H2,10,11). The Morgan fingerprint density at radius 2 is 2.50 bits per heavy atom. The molecular weight excluding hydrogens is 152 g/mol. The molecule has 0 aliphatic carbocycles. The van der Waals surface area contributed by atoms with Crippen molar-refractivity contribution in [1.29, 1.82) is 0 Å². The van der Waals surface area contributed by atoms with Crippen LogP contribution in [0.4, 0.5) is 5.82 Å². The van der Waals surface area contributed by atoms with Crippen molar-refractivity contribution in [1.82, 2.24) is 4.98 Å². The molecule has 0 saturated carbocycles. The van der Waals surface area contributed by atoms with Gasteiger partial charge in [-0.05, 0) is 6.07 Å². The molecule has 1 aromatic rings. The number of aromatic nitrogens is 1. The lowest BCUT2D eigenvalue weighted by molar-refractivity contribution is 0.154. The third-order valence-electron chi connectivity index (χ3n) is 1.37. The SMILES string of the molecule is C#CCOCc1cccnc1N. The summed E-state index contributed by atoms with van der Waals surface area (Å²) in [4.78, 5) is 3.90. The summed E-state index contributed by atoms with van der Waals surface area (Å²) in [5.74, 6) is 2.87. The van der Waals surface area contributed by atoms with Gasteiger partial charge in [-0.2, -0.15) is 0 Å². The average Bonchev–Trinajstić information content (AvgIpc) is 2.09. The van der Waals surface area contributed by atoms with Crippen molar-refractivity contribution >= 4 is 5.82 Å². The van der Waals surface area contributed by atoms with E-state index in [0.717, 1.165) is 5.56 Å². The number of hydrogen-bond donors (Lipinski definition) is 1. The Balaban J connectivity index is 2.53. The van der Waals surface area contributed by atoms with Crippen molar-refractivity contribution in [3.05, 3.63) is 23.9 Å². The van der Waals surface area contributed by atoms with Gasteiger partial charge in [-0.25, -0.2) is 4.98 Å². The smallest absolute Gasteiger partial charge is 0.128 e. The van der Waals surface area contributed by atoms with Gasteiger partial charge < -0.3 is 10.5 Å².